The number of nitrogens with one attached hydrogen (secondary N) is 1. The van der Waals surface area contributed by atoms with Crippen LogP contribution in [0.1, 0.15) is 84.6 Å². The van der Waals surface area contributed by atoms with Gasteiger partial charge in [0.05, 0.1) is 5.60 Å². The number of carbonyl (C=O) groups excluding carboxylic acids is 2. The maximum absolute atomic E-state index is 12.8. The Hall–Kier alpha value is -1.94. The molecule has 1 amide bonds. The van der Waals surface area contributed by atoms with Crippen molar-refractivity contribution in [2.24, 2.45) is 11.8 Å². The number of allylic oxidation sites excluding steroid dienone is 2. The van der Waals surface area contributed by atoms with Gasteiger partial charge in [0.1, 0.15) is 0 Å². The SMILES string of the molecule is C/C1=C\C(=O)CC(CCc2ccccc2)NC(=O)[C@H](C)CCC[C@](C)(O)C[C@@H](C)CC1. The first-order valence-electron chi connectivity index (χ1n) is 11.9. The Kier molecular flexibility index (Phi) is 9.95. The lowest BCUT2D eigenvalue weighted by atomic mass is 9.85. The lowest BCUT2D eigenvalue weighted by Gasteiger charge is -2.28. The molecule has 1 aromatic rings. The number of rotatable bonds is 3. The van der Waals surface area contributed by atoms with Gasteiger partial charge in [-0.3, -0.25) is 9.59 Å². The van der Waals surface area contributed by atoms with E-state index in [0.717, 1.165) is 50.5 Å². The highest BCUT2D eigenvalue weighted by molar-refractivity contribution is 5.91. The lowest BCUT2D eigenvalue weighted by molar-refractivity contribution is -0.125. The minimum absolute atomic E-state index is 0.00617. The van der Waals surface area contributed by atoms with Gasteiger partial charge < -0.3 is 10.4 Å². The summed E-state index contributed by atoms with van der Waals surface area (Å²) in [4.78, 5) is 25.5. The number of hydrogen-bond acceptors (Lipinski definition) is 3. The maximum atomic E-state index is 12.8. The van der Waals surface area contributed by atoms with Crippen molar-refractivity contribution in [3.8, 4) is 0 Å². The highest BCUT2D eigenvalue weighted by Crippen LogP contribution is 2.27. The van der Waals surface area contributed by atoms with Gasteiger partial charge in [-0.15, -0.1) is 0 Å². The second-order valence-electron chi connectivity index (χ2n) is 10.0. The zero-order valence-corrected chi connectivity index (χ0v) is 19.8. The van der Waals surface area contributed by atoms with Crippen molar-refractivity contribution < 1.29 is 14.7 Å². The van der Waals surface area contributed by atoms with Gasteiger partial charge in [0.2, 0.25) is 5.91 Å². The van der Waals surface area contributed by atoms with Crippen LogP contribution in [0, 0.1) is 11.8 Å². The minimum atomic E-state index is -0.710. The number of carbonyl (C=O) groups is 2. The quantitative estimate of drug-likeness (QED) is 0.680. The van der Waals surface area contributed by atoms with E-state index in [2.05, 4.69) is 24.4 Å². The molecule has 4 heteroatoms. The lowest BCUT2D eigenvalue weighted by Crippen LogP contribution is -2.40. The Morgan fingerprint density at radius 3 is 2.55 bits per heavy atom. The van der Waals surface area contributed by atoms with Gasteiger partial charge in [-0.1, -0.05) is 49.8 Å². The van der Waals surface area contributed by atoms with Crippen LogP contribution in [0.3, 0.4) is 0 Å². The molecule has 4 nitrogen and oxygen atoms in total. The smallest absolute Gasteiger partial charge is 0.223 e. The van der Waals surface area contributed by atoms with Gasteiger partial charge in [0.25, 0.3) is 0 Å². The monoisotopic (exact) mass is 427 g/mol. The topological polar surface area (TPSA) is 66.4 Å². The Morgan fingerprint density at radius 1 is 1.13 bits per heavy atom. The molecule has 0 aliphatic carbocycles. The third kappa shape index (κ3) is 9.82. The molecule has 4 atom stereocenters. The molecule has 0 saturated carbocycles. The predicted molar refractivity (Wildman–Crippen MR) is 127 cm³/mol. The first kappa shape index (κ1) is 25.3. The van der Waals surface area contributed by atoms with E-state index in [1.807, 2.05) is 39.0 Å². The molecule has 0 spiro atoms. The highest BCUT2D eigenvalue weighted by Gasteiger charge is 2.25. The second-order valence-corrected chi connectivity index (χ2v) is 10.0. The van der Waals surface area contributed by atoms with Crippen molar-refractivity contribution in [2.75, 3.05) is 0 Å². The second kappa shape index (κ2) is 12.2. The number of benzene rings is 1. The molecule has 0 fully saturated rings. The highest BCUT2D eigenvalue weighted by atomic mass is 16.3. The summed E-state index contributed by atoms with van der Waals surface area (Å²) in [5.41, 5.74) is 1.58. The zero-order chi connectivity index (χ0) is 22.9. The average Bonchev–Trinajstić information content (AvgIpc) is 2.70. The average molecular weight is 428 g/mol. The van der Waals surface area contributed by atoms with E-state index < -0.39 is 5.60 Å². The molecule has 1 aliphatic rings. The number of aryl methyl sites for hydroxylation is 1. The van der Waals surface area contributed by atoms with Crippen LogP contribution in [0.4, 0.5) is 0 Å². The number of hydrogen-bond donors (Lipinski definition) is 2. The first-order valence-corrected chi connectivity index (χ1v) is 11.9. The normalized spacial score (nSPS) is 31.5. The summed E-state index contributed by atoms with van der Waals surface area (Å²) in [6, 6.07) is 10.0. The molecule has 0 bridgehead atoms. The summed E-state index contributed by atoms with van der Waals surface area (Å²) in [7, 11) is 0. The van der Waals surface area contributed by atoms with E-state index in [-0.39, 0.29) is 23.7 Å². The molecule has 0 saturated heterocycles. The van der Waals surface area contributed by atoms with Gasteiger partial charge in [-0.05, 0) is 82.8 Å². The Morgan fingerprint density at radius 2 is 1.84 bits per heavy atom. The molecule has 0 aromatic heterocycles. The van der Waals surface area contributed by atoms with Crippen LogP contribution in [0.25, 0.3) is 0 Å². The third-order valence-corrected chi connectivity index (χ3v) is 6.45. The number of ketones is 1. The van der Waals surface area contributed by atoms with Crippen molar-refractivity contribution in [1.82, 2.24) is 5.32 Å². The van der Waals surface area contributed by atoms with Crippen molar-refractivity contribution >= 4 is 11.7 Å². The van der Waals surface area contributed by atoms with E-state index in [4.69, 9.17) is 0 Å². The molecular weight excluding hydrogens is 386 g/mol. The van der Waals surface area contributed by atoms with Crippen LogP contribution in [0.2, 0.25) is 0 Å². The summed E-state index contributed by atoms with van der Waals surface area (Å²) in [6.07, 6.45) is 8.52. The largest absolute Gasteiger partial charge is 0.390 e. The zero-order valence-electron chi connectivity index (χ0n) is 19.8. The van der Waals surface area contributed by atoms with E-state index in [1.54, 1.807) is 6.08 Å². The molecule has 1 aromatic carbocycles. The summed E-state index contributed by atoms with van der Waals surface area (Å²) in [5, 5.41) is 13.9. The predicted octanol–water partition coefficient (Wildman–Crippen LogP) is 5.39. The van der Waals surface area contributed by atoms with Crippen molar-refractivity contribution in [1.29, 1.82) is 0 Å². The van der Waals surface area contributed by atoms with E-state index >= 15 is 0 Å². The van der Waals surface area contributed by atoms with Crippen LogP contribution < -0.4 is 5.32 Å². The van der Waals surface area contributed by atoms with Gasteiger partial charge in [0, 0.05) is 18.4 Å². The Labute approximate surface area is 188 Å². The maximum Gasteiger partial charge on any atom is 0.223 e. The third-order valence-electron chi connectivity index (χ3n) is 6.45. The van der Waals surface area contributed by atoms with Crippen LogP contribution in [-0.2, 0) is 16.0 Å². The molecule has 172 valence electrons. The molecular formula is C27H41NO3. The van der Waals surface area contributed by atoms with Crippen molar-refractivity contribution in [3.63, 3.8) is 0 Å². The number of aliphatic hydroxyl groups is 1. The van der Waals surface area contributed by atoms with E-state index in [1.165, 1.54) is 5.56 Å². The molecule has 2 N–H and O–H groups in total. The van der Waals surface area contributed by atoms with Crippen molar-refractivity contribution in [2.45, 2.75) is 97.1 Å². The summed E-state index contributed by atoms with van der Waals surface area (Å²) in [6.45, 7) is 8.02. The fraction of sp³-hybridized carbons (Fsp3) is 0.630. The van der Waals surface area contributed by atoms with Gasteiger partial charge in [0.15, 0.2) is 5.78 Å². The molecule has 31 heavy (non-hydrogen) atoms. The van der Waals surface area contributed by atoms with Gasteiger partial charge >= 0.3 is 0 Å². The minimum Gasteiger partial charge on any atom is -0.390 e. The van der Waals surface area contributed by atoms with Crippen molar-refractivity contribution in [3.05, 3.63) is 47.5 Å². The molecule has 1 heterocycles. The summed E-state index contributed by atoms with van der Waals surface area (Å²) >= 11 is 0. The molecule has 1 unspecified atom stereocenters. The molecule has 0 radical (unpaired) electrons. The Balaban J connectivity index is 2.12. The molecule has 2 rings (SSSR count). The fourth-order valence-corrected chi connectivity index (χ4v) is 4.55. The standard InChI is InChI=1S/C27H41NO3/c1-20-12-13-21(2)19-27(4,31)16-8-9-22(3)26(30)28-24(18-25(29)17-20)15-14-23-10-6-5-7-11-23/h5-7,10-11,17,21-22,24,31H,8-9,12-16,18-19H2,1-4H3,(H,28,30)/b20-17+/t21-,22+,24?,27-/m0/s1. The number of amides is 1. The molecule has 1 aliphatic heterocycles. The van der Waals surface area contributed by atoms with E-state index in [0.29, 0.717) is 18.8 Å². The van der Waals surface area contributed by atoms with Gasteiger partial charge in [-0.25, -0.2) is 0 Å². The van der Waals surface area contributed by atoms with Crippen LogP contribution >= 0.6 is 0 Å². The Bertz CT molecular complexity index is 738. The van der Waals surface area contributed by atoms with Crippen LogP contribution in [-0.4, -0.2) is 28.4 Å². The van der Waals surface area contributed by atoms with Gasteiger partial charge in [-0.2, -0.15) is 0 Å². The first-order chi connectivity index (χ1) is 14.6. The van der Waals surface area contributed by atoms with Crippen LogP contribution in [0.15, 0.2) is 42.0 Å². The fourth-order valence-electron chi connectivity index (χ4n) is 4.55. The summed E-state index contributed by atoms with van der Waals surface area (Å²) in [5.74, 6) is 0.343. The summed E-state index contributed by atoms with van der Waals surface area (Å²) < 4.78 is 0. The van der Waals surface area contributed by atoms with Crippen LogP contribution in [0.5, 0.6) is 0 Å². The van der Waals surface area contributed by atoms with E-state index in [9.17, 15) is 14.7 Å².